The van der Waals surface area contributed by atoms with Crippen LogP contribution in [0.2, 0.25) is 0 Å². The summed E-state index contributed by atoms with van der Waals surface area (Å²) < 4.78 is 15.5. The van der Waals surface area contributed by atoms with E-state index in [0.29, 0.717) is 6.54 Å². The normalized spacial score (nSPS) is 19.9. The van der Waals surface area contributed by atoms with Crippen molar-refractivity contribution in [3.05, 3.63) is 0 Å². The fourth-order valence-electron chi connectivity index (χ4n) is 2.64. The van der Waals surface area contributed by atoms with Gasteiger partial charge in [-0.2, -0.15) is 0 Å². The van der Waals surface area contributed by atoms with Gasteiger partial charge in [-0.05, 0) is 33.6 Å². The van der Waals surface area contributed by atoms with Crippen LogP contribution < -0.4 is 0 Å². The van der Waals surface area contributed by atoms with Crippen LogP contribution in [0.25, 0.3) is 0 Å². The lowest BCUT2D eigenvalue weighted by Crippen LogP contribution is -2.45. The number of carbonyl (C=O) groups excluding carboxylic acids is 2. The van der Waals surface area contributed by atoms with E-state index in [1.165, 1.54) is 14.2 Å². The second-order valence-corrected chi connectivity index (χ2v) is 6.65. The van der Waals surface area contributed by atoms with E-state index in [1.54, 1.807) is 4.90 Å². The smallest absolute Gasteiger partial charge is 0.410 e. The zero-order valence-corrected chi connectivity index (χ0v) is 14.4. The van der Waals surface area contributed by atoms with Gasteiger partial charge in [0.1, 0.15) is 5.60 Å². The van der Waals surface area contributed by atoms with Gasteiger partial charge in [-0.1, -0.05) is 12.8 Å². The molecule has 1 atom stereocenters. The van der Waals surface area contributed by atoms with E-state index >= 15 is 0 Å². The third kappa shape index (κ3) is 5.93. The number of rotatable bonds is 5. The van der Waals surface area contributed by atoms with Crippen LogP contribution in [-0.2, 0) is 19.0 Å². The van der Waals surface area contributed by atoms with Gasteiger partial charge in [-0.15, -0.1) is 0 Å². The van der Waals surface area contributed by atoms with Crippen molar-refractivity contribution in [2.24, 2.45) is 0 Å². The average molecular weight is 315 g/mol. The van der Waals surface area contributed by atoms with Gasteiger partial charge in [-0.3, -0.25) is 4.79 Å². The number of Topliss-reactive ketones (excluding diaryl/α,β-unsaturated/α-hetero) is 1. The first-order valence-electron chi connectivity index (χ1n) is 7.86. The third-order valence-corrected chi connectivity index (χ3v) is 3.63. The highest BCUT2D eigenvalue weighted by molar-refractivity contribution is 5.83. The molecule has 1 fully saturated rings. The number of amides is 1. The molecule has 0 aromatic carbocycles. The predicted molar refractivity (Wildman–Crippen MR) is 82.6 cm³/mol. The zero-order valence-electron chi connectivity index (χ0n) is 14.4. The number of carbonyl (C=O) groups is 2. The number of hydrogen-bond donors (Lipinski definition) is 0. The molecule has 1 unspecified atom stereocenters. The van der Waals surface area contributed by atoms with Crippen molar-refractivity contribution in [2.75, 3.05) is 20.8 Å². The average Bonchev–Trinajstić information content (AvgIpc) is 2.63. The Morgan fingerprint density at radius 3 is 2.32 bits per heavy atom. The molecule has 22 heavy (non-hydrogen) atoms. The van der Waals surface area contributed by atoms with Crippen LogP contribution in [-0.4, -0.2) is 55.5 Å². The van der Waals surface area contributed by atoms with Crippen LogP contribution >= 0.6 is 0 Å². The molecule has 6 nitrogen and oxygen atoms in total. The largest absolute Gasteiger partial charge is 0.444 e. The van der Waals surface area contributed by atoms with Gasteiger partial charge in [0.05, 0.1) is 0 Å². The minimum absolute atomic E-state index is 0.148. The van der Waals surface area contributed by atoms with Gasteiger partial charge in [-0.25, -0.2) is 4.79 Å². The van der Waals surface area contributed by atoms with Gasteiger partial charge in [0.15, 0.2) is 5.78 Å². The fraction of sp³-hybridized carbons (Fsp3) is 0.875. The molecule has 1 amide bonds. The lowest BCUT2D eigenvalue weighted by atomic mass is 10.0. The second kappa shape index (κ2) is 8.48. The van der Waals surface area contributed by atoms with Gasteiger partial charge >= 0.3 is 6.09 Å². The number of hydrogen-bond acceptors (Lipinski definition) is 5. The van der Waals surface area contributed by atoms with Crippen molar-refractivity contribution in [1.82, 2.24) is 4.90 Å². The Balaban J connectivity index is 2.77. The standard InChI is InChI=1S/C16H29NO5/c1-16(2,3)22-15(19)17-10-8-6-7-9-12(17)11-13(18)14(20-4)21-5/h12,14H,6-11H2,1-5H3. The van der Waals surface area contributed by atoms with Crippen molar-refractivity contribution in [3.63, 3.8) is 0 Å². The molecule has 0 bridgehead atoms. The Hall–Kier alpha value is -1.14. The summed E-state index contributed by atoms with van der Waals surface area (Å²) in [5.41, 5.74) is -0.542. The zero-order chi connectivity index (χ0) is 16.8. The van der Waals surface area contributed by atoms with Crippen LogP contribution in [0.1, 0.15) is 52.9 Å². The SMILES string of the molecule is COC(OC)C(=O)CC1CCCCCN1C(=O)OC(C)(C)C. The van der Waals surface area contributed by atoms with E-state index < -0.39 is 11.9 Å². The summed E-state index contributed by atoms with van der Waals surface area (Å²) in [4.78, 5) is 26.3. The Bertz CT molecular complexity index is 373. The van der Waals surface area contributed by atoms with Crippen LogP contribution in [0.5, 0.6) is 0 Å². The first kappa shape index (κ1) is 18.9. The fourth-order valence-corrected chi connectivity index (χ4v) is 2.64. The van der Waals surface area contributed by atoms with E-state index in [4.69, 9.17) is 14.2 Å². The van der Waals surface area contributed by atoms with Gasteiger partial charge in [0.2, 0.25) is 6.29 Å². The summed E-state index contributed by atoms with van der Waals surface area (Å²) in [6.07, 6.45) is 2.80. The van der Waals surface area contributed by atoms with E-state index in [2.05, 4.69) is 0 Å². The number of likely N-dealkylation sites (tertiary alicyclic amines) is 1. The molecule has 0 saturated carbocycles. The molecular formula is C16H29NO5. The maximum Gasteiger partial charge on any atom is 0.410 e. The Morgan fingerprint density at radius 1 is 1.14 bits per heavy atom. The van der Waals surface area contributed by atoms with Gasteiger partial charge < -0.3 is 19.1 Å². The predicted octanol–water partition coefficient (Wildman–Crippen LogP) is 2.74. The minimum atomic E-state index is -0.872. The molecular weight excluding hydrogens is 286 g/mol. The minimum Gasteiger partial charge on any atom is -0.444 e. The molecule has 1 saturated heterocycles. The molecule has 1 aliphatic rings. The highest BCUT2D eigenvalue weighted by Gasteiger charge is 2.32. The van der Waals surface area contributed by atoms with Gasteiger partial charge in [0.25, 0.3) is 0 Å². The molecule has 0 aromatic heterocycles. The molecule has 0 N–H and O–H groups in total. The van der Waals surface area contributed by atoms with Crippen molar-refractivity contribution >= 4 is 11.9 Å². The number of nitrogens with zero attached hydrogens (tertiary/aromatic N) is 1. The topological polar surface area (TPSA) is 65.1 Å². The van der Waals surface area contributed by atoms with Crippen molar-refractivity contribution in [1.29, 1.82) is 0 Å². The second-order valence-electron chi connectivity index (χ2n) is 6.65. The molecule has 1 rings (SSSR count). The molecule has 0 aliphatic carbocycles. The van der Waals surface area contributed by atoms with Crippen molar-refractivity contribution < 1.29 is 23.8 Å². The molecule has 0 spiro atoms. The maximum atomic E-state index is 12.4. The Kier molecular flexibility index (Phi) is 7.29. The van der Waals surface area contributed by atoms with Crippen LogP contribution in [0, 0.1) is 0 Å². The summed E-state index contributed by atoms with van der Waals surface area (Å²) in [7, 11) is 2.87. The van der Waals surface area contributed by atoms with Crippen molar-refractivity contribution in [2.45, 2.75) is 70.8 Å². The van der Waals surface area contributed by atoms with Crippen LogP contribution in [0.3, 0.4) is 0 Å². The molecule has 1 aliphatic heterocycles. The Labute approximate surface area is 133 Å². The summed E-state index contributed by atoms with van der Waals surface area (Å²) in [5, 5.41) is 0. The van der Waals surface area contributed by atoms with Crippen LogP contribution in [0.4, 0.5) is 4.79 Å². The van der Waals surface area contributed by atoms with E-state index in [9.17, 15) is 9.59 Å². The number of ether oxygens (including phenoxy) is 3. The Morgan fingerprint density at radius 2 is 1.77 bits per heavy atom. The van der Waals surface area contributed by atoms with E-state index in [0.717, 1.165) is 25.7 Å². The van der Waals surface area contributed by atoms with Crippen molar-refractivity contribution in [3.8, 4) is 0 Å². The molecule has 1 heterocycles. The summed E-state index contributed by atoms with van der Waals surface area (Å²) in [5.74, 6) is -0.148. The summed E-state index contributed by atoms with van der Waals surface area (Å²) in [6.45, 7) is 6.15. The van der Waals surface area contributed by atoms with E-state index in [-0.39, 0.29) is 24.3 Å². The highest BCUT2D eigenvalue weighted by Crippen LogP contribution is 2.23. The van der Waals surface area contributed by atoms with Crippen LogP contribution in [0.15, 0.2) is 0 Å². The lowest BCUT2D eigenvalue weighted by Gasteiger charge is -2.32. The maximum absolute atomic E-state index is 12.4. The summed E-state index contributed by atoms with van der Waals surface area (Å²) >= 11 is 0. The molecule has 0 aromatic rings. The highest BCUT2D eigenvalue weighted by atomic mass is 16.7. The first-order chi connectivity index (χ1) is 10.3. The molecule has 6 heteroatoms. The third-order valence-electron chi connectivity index (χ3n) is 3.63. The quantitative estimate of drug-likeness (QED) is 0.730. The molecule has 0 radical (unpaired) electrons. The molecule has 128 valence electrons. The first-order valence-corrected chi connectivity index (χ1v) is 7.86. The lowest BCUT2D eigenvalue weighted by molar-refractivity contribution is -0.157. The number of ketones is 1. The van der Waals surface area contributed by atoms with Gasteiger partial charge in [0, 0.05) is 33.2 Å². The number of methoxy groups -OCH3 is 2. The van der Waals surface area contributed by atoms with E-state index in [1.807, 2.05) is 20.8 Å². The monoisotopic (exact) mass is 315 g/mol. The summed E-state index contributed by atoms with van der Waals surface area (Å²) in [6, 6.07) is -0.155.